The molecule has 0 spiro atoms. The summed E-state index contributed by atoms with van der Waals surface area (Å²) in [6, 6.07) is 16.4. The van der Waals surface area contributed by atoms with Gasteiger partial charge in [0.1, 0.15) is 22.1 Å². The number of amides is 1. The molecular formula is C61H75N3O20S6. The van der Waals surface area contributed by atoms with Gasteiger partial charge in [0.05, 0.1) is 31.1 Å². The van der Waals surface area contributed by atoms with Crippen molar-refractivity contribution in [2.45, 2.75) is 149 Å². The molecule has 0 saturated heterocycles. The zero-order valence-corrected chi connectivity index (χ0v) is 55.4. The highest BCUT2D eigenvalue weighted by molar-refractivity contribution is 7.87. The van der Waals surface area contributed by atoms with Crippen molar-refractivity contribution in [1.29, 1.82) is 0 Å². The highest BCUT2D eigenvalue weighted by Crippen LogP contribution is 2.52. The van der Waals surface area contributed by atoms with Gasteiger partial charge in [-0.2, -0.15) is 46.7 Å². The van der Waals surface area contributed by atoms with Gasteiger partial charge in [-0.3, -0.25) is 32.4 Å². The van der Waals surface area contributed by atoms with E-state index in [0.29, 0.717) is 95.8 Å². The number of carbonyl (C=O) groups is 2. The summed E-state index contributed by atoms with van der Waals surface area (Å²) in [5, 5.41) is 2.64. The van der Waals surface area contributed by atoms with Gasteiger partial charge in [0, 0.05) is 89.3 Å². The predicted molar refractivity (Wildman–Crippen MR) is 340 cm³/mol. The number of rotatable bonds is 30. The summed E-state index contributed by atoms with van der Waals surface area (Å²) in [4.78, 5) is 23.1. The Kier molecular flexibility index (Phi) is 21.9. The van der Waals surface area contributed by atoms with E-state index >= 15 is 0 Å². The predicted octanol–water partition coefficient (Wildman–Crippen LogP) is 9.29. The van der Waals surface area contributed by atoms with Gasteiger partial charge >= 0.3 is 0 Å². The van der Waals surface area contributed by atoms with Crippen molar-refractivity contribution in [3.63, 3.8) is 0 Å². The number of anilines is 1. The third kappa shape index (κ3) is 17.3. The van der Waals surface area contributed by atoms with Crippen molar-refractivity contribution in [2.75, 3.05) is 36.0 Å². The van der Waals surface area contributed by atoms with Crippen LogP contribution in [0.2, 0.25) is 0 Å². The summed E-state index contributed by atoms with van der Waals surface area (Å²) in [7, 11) is -29.8. The lowest BCUT2D eigenvalue weighted by Gasteiger charge is -2.27. The summed E-state index contributed by atoms with van der Waals surface area (Å²) in [5.74, 6) is -1.40. The molecule has 0 radical (unpaired) electrons. The average Bonchev–Trinajstić information content (AvgIpc) is 1.52. The van der Waals surface area contributed by atoms with Gasteiger partial charge in [-0.05, 0) is 134 Å². The second-order valence-electron chi connectivity index (χ2n) is 24.0. The zero-order chi connectivity index (χ0) is 66.7. The van der Waals surface area contributed by atoms with E-state index < -0.39 is 103 Å². The van der Waals surface area contributed by atoms with Gasteiger partial charge in [-0.1, -0.05) is 83.4 Å². The van der Waals surface area contributed by atoms with Crippen molar-refractivity contribution in [3.05, 3.63) is 125 Å². The molecule has 90 heavy (non-hydrogen) atoms. The lowest BCUT2D eigenvalue weighted by atomic mass is 9.78. The second kappa shape index (κ2) is 27.6. The first-order valence-electron chi connectivity index (χ1n) is 29.0. The Labute approximate surface area is 526 Å². The maximum Gasteiger partial charge on any atom is 0.295 e. The Balaban J connectivity index is 1.35. The molecule has 0 atom stereocenters. The molecule has 0 unspecified atom stereocenters. The van der Waals surface area contributed by atoms with E-state index in [1.54, 1.807) is 67.5 Å². The molecule has 7 rings (SSSR count). The topological polar surface area (TPSA) is 381 Å². The Hall–Kier alpha value is -6.09. The smallest absolute Gasteiger partial charge is 0.295 e. The van der Waals surface area contributed by atoms with Gasteiger partial charge < -0.3 is 14.8 Å². The fourth-order valence-electron chi connectivity index (χ4n) is 12.0. The summed E-state index contributed by atoms with van der Waals surface area (Å²) < 4.78 is 215. The third-order valence-electron chi connectivity index (χ3n) is 16.2. The molecule has 2 heterocycles. The number of nitrogens with one attached hydrogen (secondary N) is 1. The van der Waals surface area contributed by atoms with Crippen LogP contribution in [-0.2, 0) is 87.5 Å². The van der Waals surface area contributed by atoms with E-state index in [4.69, 9.17) is 0 Å². The van der Waals surface area contributed by atoms with Crippen molar-refractivity contribution >= 4 is 117 Å². The number of aryl methyl sites for hydroxylation is 1. The van der Waals surface area contributed by atoms with Crippen molar-refractivity contribution in [3.8, 4) is 0 Å². The second-order valence-corrected chi connectivity index (χ2v) is 32.7. The van der Waals surface area contributed by atoms with E-state index in [0.717, 1.165) is 49.8 Å². The van der Waals surface area contributed by atoms with E-state index in [-0.39, 0.29) is 65.1 Å². The first kappa shape index (κ1) is 71.4. The Morgan fingerprint density at radius 2 is 1.19 bits per heavy atom. The Bertz CT molecular complexity index is 4510. The molecule has 0 saturated carbocycles. The summed E-state index contributed by atoms with van der Waals surface area (Å²) in [6.07, 6.45) is 13.4. The van der Waals surface area contributed by atoms with E-state index in [2.05, 4.69) is 5.32 Å². The van der Waals surface area contributed by atoms with Crippen LogP contribution in [0, 0.1) is 5.92 Å². The summed E-state index contributed by atoms with van der Waals surface area (Å²) >= 11 is 0. The fraction of sp³-hybridized carbons (Fsp3) is 0.426. The number of carbonyl (C=O) groups excluding carboxylic acids is 2. The molecule has 0 aromatic heterocycles. The number of fused-ring (bicyclic) bond motifs is 6. The SMILES string of the molecule is CC(C)C(=O)NCCCCCCCC(=O)CCCCc1cccc(C(=C\C=C2/N(CCCS(=O)(=O)O)c3ccc4c(S(=O)(=O)O)cc(S(=O)(=O)O)cc4c3C2(C)C)/C=C/C2=[N+](CCCS(=O)(=O)[O-])c3ccc4c(S(=O)(=O)O)cc(S(=O)(=O)O)cc4c3C2(C)C)c1. The molecule has 1 amide bonds. The number of benzene rings is 5. The minimum Gasteiger partial charge on any atom is -0.748 e. The lowest BCUT2D eigenvalue weighted by Crippen LogP contribution is -2.28. The average molecular weight is 1360 g/mol. The van der Waals surface area contributed by atoms with Gasteiger partial charge in [-0.25, -0.2) is 8.42 Å². The van der Waals surface area contributed by atoms with Crippen LogP contribution in [0.25, 0.3) is 27.1 Å². The first-order chi connectivity index (χ1) is 41.6. The molecule has 5 aromatic rings. The number of Topliss-reactive ketones (excluding diaryl/α,β-unsaturated/α-hetero) is 1. The van der Waals surface area contributed by atoms with Gasteiger partial charge in [-0.15, -0.1) is 0 Å². The molecule has 490 valence electrons. The molecule has 2 aliphatic rings. The fourth-order valence-corrected chi connectivity index (χ4v) is 15.6. The van der Waals surface area contributed by atoms with Crippen LogP contribution in [0.1, 0.15) is 134 Å². The van der Waals surface area contributed by atoms with Crippen LogP contribution < -0.4 is 10.2 Å². The minimum absolute atomic E-state index is 0.0112. The molecule has 23 nitrogen and oxygen atoms in total. The number of ketones is 1. The maximum atomic E-state index is 13.0. The van der Waals surface area contributed by atoms with Crippen LogP contribution in [0.15, 0.2) is 122 Å². The maximum absolute atomic E-state index is 13.0. The van der Waals surface area contributed by atoms with E-state index in [1.807, 2.05) is 32.0 Å². The molecule has 5 aromatic carbocycles. The van der Waals surface area contributed by atoms with Crippen molar-refractivity contribution in [1.82, 2.24) is 5.32 Å². The molecule has 0 aliphatic carbocycles. The third-order valence-corrected chi connectivity index (χ3v) is 21.3. The van der Waals surface area contributed by atoms with E-state index in [1.165, 1.54) is 24.3 Å². The largest absolute Gasteiger partial charge is 0.748 e. The summed E-state index contributed by atoms with van der Waals surface area (Å²) in [5.41, 5.74) is 1.49. The van der Waals surface area contributed by atoms with Crippen LogP contribution in [0.5, 0.6) is 0 Å². The highest BCUT2D eigenvalue weighted by atomic mass is 32.2. The molecule has 6 N–H and O–H groups in total. The van der Waals surface area contributed by atoms with Crippen LogP contribution >= 0.6 is 0 Å². The quantitative estimate of drug-likeness (QED) is 0.0108. The van der Waals surface area contributed by atoms with Crippen LogP contribution in [0.4, 0.5) is 11.4 Å². The molecular weight excluding hydrogens is 1290 g/mol. The van der Waals surface area contributed by atoms with Gasteiger partial charge in [0.15, 0.2) is 5.71 Å². The molecule has 0 bridgehead atoms. The van der Waals surface area contributed by atoms with Crippen molar-refractivity contribution in [2.24, 2.45) is 5.92 Å². The minimum atomic E-state index is -5.14. The standard InChI is InChI=1S/C61H75N3O20S6/c1-40(2)59(66)62-30-13-9-7-8-10-20-44(65)21-12-11-17-41-18-14-19-43(35-41)42(22-28-55-60(3,4)57-49-36-45(87(73,74)75)38-53(89(79,80)81)47(49)24-26-51(57)63(55)31-15-33-85(67,68)69)23-29-56-61(5,6)58-50-37-46(88(76,77)78)39-54(90(82,83)84)48(50)25-27-52(58)64(56)32-16-34-86(70,71)72/h14,18-19,22-29,35-40H,7-13,15-17,20-21,30-34H2,1-6H3,(H6-,62,66,67,68,69,70,71,72,73,74,75,76,77,78,79,80,81,82,83,84). The molecule has 29 heteroatoms. The van der Waals surface area contributed by atoms with Gasteiger partial charge in [0.2, 0.25) is 11.6 Å². The number of allylic oxidation sites excluding steroid dienone is 6. The van der Waals surface area contributed by atoms with E-state index in [9.17, 15) is 87.4 Å². The van der Waals surface area contributed by atoms with Crippen molar-refractivity contribution < 1.29 is 92.0 Å². The van der Waals surface area contributed by atoms with Gasteiger partial charge in [0.25, 0.3) is 50.6 Å². The molecule has 0 fully saturated rings. The monoisotopic (exact) mass is 1360 g/mol. The number of hydrogen-bond donors (Lipinski definition) is 6. The number of nitrogens with zero attached hydrogens (tertiary/aromatic N) is 2. The first-order valence-corrected chi connectivity index (χ1v) is 38.0. The number of unbranched alkanes of at least 4 members (excludes halogenated alkanes) is 5. The number of hydrogen-bond acceptors (Lipinski definition) is 16. The summed E-state index contributed by atoms with van der Waals surface area (Å²) in [6.45, 7) is 10.9. The van der Waals surface area contributed by atoms with Crippen LogP contribution in [0.3, 0.4) is 0 Å². The Morgan fingerprint density at radius 1 is 0.622 bits per heavy atom. The normalized spacial score (nSPS) is 16.1. The zero-order valence-electron chi connectivity index (χ0n) is 50.5. The van der Waals surface area contributed by atoms with Crippen LogP contribution in [-0.4, -0.2) is 131 Å². The highest BCUT2D eigenvalue weighted by Gasteiger charge is 2.47. The lowest BCUT2D eigenvalue weighted by molar-refractivity contribution is -0.437. The molecule has 2 aliphatic heterocycles. The Morgan fingerprint density at radius 3 is 1.76 bits per heavy atom.